The summed E-state index contributed by atoms with van der Waals surface area (Å²) in [7, 11) is 0. The van der Waals surface area contributed by atoms with E-state index in [9.17, 15) is 9.59 Å². The average Bonchev–Trinajstić information content (AvgIpc) is 2.72. The Morgan fingerprint density at radius 3 is 2.50 bits per heavy atom. The molecule has 0 spiro atoms. The Morgan fingerprint density at radius 1 is 1.00 bits per heavy atom. The van der Waals surface area contributed by atoms with E-state index in [-0.39, 0.29) is 11.6 Å². The number of unbranched alkanes of at least 4 members (excludes halogenated alkanes) is 3. The highest BCUT2D eigenvalue weighted by molar-refractivity contribution is 5.98. The SMILES string of the molecule is CCCCCCNC(=O)c1ccc(-c2cncc3ccc(C(N)=O)nc23)cc1. The summed E-state index contributed by atoms with van der Waals surface area (Å²) in [5.41, 5.74) is 8.47. The van der Waals surface area contributed by atoms with Crippen molar-refractivity contribution in [1.29, 1.82) is 0 Å². The van der Waals surface area contributed by atoms with Gasteiger partial charge in [0.05, 0.1) is 5.52 Å². The van der Waals surface area contributed by atoms with Crippen molar-refractivity contribution in [2.45, 2.75) is 32.6 Å². The highest BCUT2D eigenvalue weighted by atomic mass is 16.2. The molecule has 0 unspecified atom stereocenters. The van der Waals surface area contributed by atoms with E-state index in [4.69, 9.17) is 5.73 Å². The Hall–Kier alpha value is -3.28. The molecule has 144 valence electrons. The lowest BCUT2D eigenvalue weighted by atomic mass is 10.0. The lowest BCUT2D eigenvalue weighted by Gasteiger charge is -2.08. The van der Waals surface area contributed by atoms with Crippen LogP contribution in [0.5, 0.6) is 0 Å². The molecule has 6 nitrogen and oxygen atoms in total. The number of rotatable bonds is 8. The first-order valence-corrected chi connectivity index (χ1v) is 9.53. The van der Waals surface area contributed by atoms with Crippen LogP contribution in [0.2, 0.25) is 0 Å². The van der Waals surface area contributed by atoms with Crippen molar-refractivity contribution in [3.8, 4) is 11.1 Å². The van der Waals surface area contributed by atoms with E-state index < -0.39 is 5.91 Å². The van der Waals surface area contributed by atoms with Crippen molar-refractivity contribution in [3.05, 3.63) is 60.0 Å². The van der Waals surface area contributed by atoms with Crippen LogP contribution in [0, 0.1) is 0 Å². The number of carbonyl (C=O) groups is 2. The summed E-state index contributed by atoms with van der Waals surface area (Å²) in [6.07, 6.45) is 7.88. The summed E-state index contributed by atoms with van der Waals surface area (Å²) in [5, 5.41) is 3.77. The second-order valence-corrected chi connectivity index (χ2v) is 6.71. The Kier molecular flexibility index (Phi) is 6.32. The molecule has 3 rings (SSSR count). The number of hydrogen-bond donors (Lipinski definition) is 2. The summed E-state index contributed by atoms with van der Waals surface area (Å²) >= 11 is 0. The predicted molar refractivity (Wildman–Crippen MR) is 110 cm³/mol. The van der Waals surface area contributed by atoms with Gasteiger partial charge in [0.2, 0.25) is 0 Å². The van der Waals surface area contributed by atoms with Crippen molar-refractivity contribution < 1.29 is 9.59 Å². The molecule has 0 saturated carbocycles. The molecule has 28 heavy (non-hydrogen) atoms. The van der Waals surface area contributed by atoms with Crippen LogP contribution in [0.3, 0.4) is 0 Å². The third kappa shape index (κ3) is 4.52. The van der Waals surface area contributed by atoms with Crippen LogP contribution in [0.4, 0.5) is 0 Å². The summed E-state index contributed by atoms with van der Waals surface area (Å²) < 4.78 is 0. The van der Waals surface area contributed by atoms with Crippen molar-refractivity contribution in [3.63, 3.8) is 0 Å². The Balaban J connectivity index is 1.79. The Morgan fingerprint density at radius 2 is 1.79 bits per heavy atom. The topological polar surface area (TPSA) is 98.0 Å². The van der Waals surface area contributed by atoms with Gasteiger partial charge in [-0.3, -0.25) is 14.6 Å². The lowest BCUT2D eigenvalue weighted by Crippen LogP contribution is -2.24. The van der Waals surface area contributed by atoms with E-state index in [1.54, 1.807) is 36.7 Å². The molecule has 0 bridgehead atoms. The van der Waals surface area contributed by atoms with Gasteiger partial charge in [0, 0.05) is 35.5 Å². The molecule has 0 aliphatic heterocycles. The molecule has 2 amide bonds. The van der Waals surface area contributed by atoms with Gasteiger partial charge < -0.3 is 11.1 Å². The highest BCUT2D eigenvalue weighted by Crippen LogP contribution is 2.26. The number of primary amides is 1. The number of nitrogens with zero attached hydrogens (tertiary/aromatic N) is 2. The van der Waals surface area contributed by atoms with Gasteiger partial charge in [-0.1, -0.05) is 38.3 Å². The average molecular weight is 376 g/mol. The minimum absolute atomic E-state index is 0.0757. The Bertz CT molecular complexity index is 983. The third-order valence-electron chi connectivity index (χ3n) is 4.63. The second-order valence-electron chi connectivity index (χ2n) is 6.71. The number of aromatic nitrogens is 2. The molecular formula is C22H24N4O2. The van der Waals surface area contributed by atoms with Gasteiger partial charge >= 0.3 is 0 Å². The van der Waals surface area contributed by atoms with E-state index in [1.807, 2.05) is 12.1 Å². The standard InChI is InChI=1S/C22H24N4O2/c1-2-3-4-5-12-25-22(28)16-8-6-15(7-9-16)18-14-24-13-17-10-11-19(21(23)27)26-20(17)18/h6-11,13-14H,2-5,12H2,1H3,(H2,23,27)(H,25,28). The first-order chi connectivity index (χ1) is 13.6. The van der Waals surface area contributed by atoms with Gasteiger partial charge in [-0.25, -0.2) is 4.98 Å². The third-order valence-corrected chi connectivity index (χ3v) is 4.63. The number of amides is 2. The van der Waals surface area contributed by atoms with E-state index in [2.05, 4.69) is 22.2 Å². The molecule has 2 aromatic heterocycles. The van der Waals surface area contributed by atoms with Crippen molar-refractivity contribution in [1.82, 2.24) is 15.3 Å². The van der Waals surface area contributed by atoms with E-state index in [0.29, 0.717) is 17.6 Å². The maximum atomic E-state index is 12.3. The fraction of sp³-hybridized carbons (Fsp3) is 0.273. The summed E-state index contributed by atoms with van der Waals surface area (Å²) in [5.74, 6) is -0.649. The number of nitrogens with two attached hydrogens (primary N) is 1. The van der Waals surface area contributed by atoms with Gasteiger partial charge in [0.25, 0.3) is 11.8 Å². The van der Waals surface area contributed by atoms with Crippen molar-refractivity contribution in [2.24, 2.45) is 5.73 Å². The number of carbonyl (C=O) groups excluding carboxylic acids is 2. The largest absolute Gasteiger partial charge is 0.364 e. The minimum Gasteiger partial charge on any atom is -0.364 e. The predicted octanol–water partition coefficient (Wildman–Crippen LogP) is 3.71. The van der Waals surface area contributed by atoms with Gasteiger partial charge in [0.15, 0.2) is 0 Å². The molecule has 3 N–H and O–H groups in total. The first kappa shape index (κ1) is 19.5. The van der Waals surface area contributed by atoms with Crippen molar-refractivity contribution in [2.75, 3.05) is 6.54 Å². The zero-order valence-electron chi connectivity index (χ0n) is 15.9. The zero-order chi connectivity index (χ0) is 19.9. The monoisotopic (exact) mass is 376 g/mol. The molecule has 0 aliphatic rings. The lowest BCUT2D eigenvalue weighted by molar-refractivity contribution is 0.0951. The van der Waals surface area contributed by atoms with Gasteiger partial charge in [-0.2, -0.15) is 0 Å². The number of benzene rings is 1. The van der Waals surface area contributed by atoms with Crippen LogP contribution in [-0.4, -0.2) is 28.3 Å². The Labute approximate surface area is 164 Å². The number of fused-ring (bicyclic) bond motifs is 1. The van der Waals surface area contributed by atoms with Crippen LogP contribution >= 0.6 is 0 Å². The van der Waals surface area contributed by atoms with Crippen molar-refractivity contribution >= 4 is 22.7 Å². The highest BCUT2D eigenvalue weighted by Gasteiger charge is 2.11. The fourth-order valence-electron chi connectivity index (χ4n) is 3.05. The molecule has 0 aliphatic carbocycles. The summed E-state index contributed by atoms with van der Waals surface area (Å²) in [6, 6.07) is 10.7. The first-order valence-electron chi connectivity index (χ1n) is 9.53. The van der Waals surface area contributed by atoms with E-state index in [0.717, 1.165) is 29.4 Å². The molecule has 3 aromatic rings. The molecule has 0 atom stereocenters. The van der Waals surface area contributed by atoms with E-state index >= 15 is 0 Å². The normalized spacial score (nSPS) is 10.8. The molecule has 0 saturated heterocycles. The van der Waals surface area contributed by atoms with Crippen LogP contribution in [0.25, 0.3) is 22.0 Å². The molecule has 1 aromatic carbocycles. The molecule has 0 fully saturated rings. The quantitative estimate of drug-likeness (QED) is 0.586. The number of nitrogens with one attached hydrogen (secondary N) is 1. The summed E-state index contributed by atoms with van der Waals surface area (Å²) in [6.45, 7) is 2.85. The zero-order valence-corrected chi connectivity index (χ0v) is 15.9. The van der Waals surface area contributed by atoms with Crippen LogP contribution in [0.15, 0.2) is 48.8 Å². The summed E-state index contributed by atoms with van der Waals surface area (Å²) in [4.78, 5) is 32.4. The molecule has 2 heterocycles. The molecular weight excluding hydrogens is 352 g/mol. The van der Waals surface area contributed by atoms with Gasteiger partial charge in [-0.15, -0.1) is 0 Å². The van der Waals surface area contributed by atoms with E-state index in [1.165, 1.54) is 12.8 Å². The van der Waals surface area contributed by atoms with Crippen LogP contribution < -0.4 is 11.1 Å². The van der Waals surface area contributed by atoms with Gasteiger partial charge in [-0.05, 0) is 36.2 Å². The smallest absolute Gasteiger partial charge is 0.267 e. The van der Waals surface area contributed by atoms with Crippen LogP contribution in [-0.2, 0) is 0 Å². The molecule has 0 radical (unpaired) electrons. The number of hydrogen-bond acceptors (Lipinski definition) is 4. The number of pyridine rings is 2. The minimum atomic E-state index is -0.574. The van der Waals surface area contributed by atoms with Crippen LogP contribution in [0.1, 0.15) is 53.5 Å². The maximum absolute atomic E-state index is 12.3. The second kappa shape index (κ2) is 9.08. The fourth-order valence-corrected chi connectivity index (χ4v) is 3.05. The van der Waals surface area contributed by atoms with Gasteiger partial charge in [0.1, 0.15) is 5.69 Å². The maximum Gasteiger partial charge on any atom is 0.267 e. The molecule has 6 heteroatoms.